The number of nitrogens with two attached hydrogens (primary N) is 1. The number of amides is 9. The van der Waals surface area contributed by atoms with Crippen molar-refractivity contribution in [3.63, 3.8) is 0 Å². The number of hydrogen-bond acceptors (Lipinski definition) is 11. The molecule has 9 amide bonds. The van der Waals surface area contributed by atoms with Crippen LogP contribution in [0.1, 0.15) is 92.4 Å². The number of carbonyl (C=O) groups is 9. The predicted octanol–water partition coefficient (Wildman–Crippen LogP) is -2.97. The Morgan fingerprint density at radius 3 is 1.63 bits per heavy atom. The first-order valence-corrected chi connectivity index (χ1v) is 22.2. The molecule has 0 aliphatic carbocycles. The maximum atomic E-state index is 14.3. The molecule has 0 saturated carbocycles. The highest BCUT2D eigenvalue weighted by Crippen LogP contribution is 2.25. The third-order valence-electron chi connectivity index (χ3n) is 11.4. The smallest absolute Gasteiger partial charge is 0.246 e. The normalized spacial score (nSPS) is 29.3. The van der Waals surface area contributed by atoms with Crippen molar-refractivity contribution >= 4 is 64.0 Å². The summed E-state index contributed by atoms with van der Waals surface area (Å²) in [6, 6.07) is -8.68. The van der Waals surface area contributed by atoms with Crippen molar-refractivity contribution in [1.82, 2.24) is 41.7 Å². The topological polar surface area (TPSA) is 296 Å². The number of hydrogen-bond donors (Lipinski definition) is 8. The Hall–Kier alpha value is -4.66. The number of aliphatic hydroxyl groups excluding tert-OH is 1. The molecule has 0 spiro atoms. The number of carbonyl (C=O) groups excluding carboxylic acids is 9. The molecule has 59 heavy (non-hydrogen) atoms. The summed E-state index contributed by atoms with van der Waals surface area (Å²) in [6.07, 6.45) is 1.46. The lowest BCUT2D eigenvalue weighted by atomic mass is 9.95. The zero-order valence-electron chi connectivity index (χ0n) is 34.9. The molecule has 3 aliphatic heterocycles. The summed E-state index contributed by atoms with van der Waals surface area (Å²) in [5, 5.41) is 25.9. The van der Waals surface area contributed by atoms with Gasteiger partial charge in [-0.05, 0) is 57.3 Å². The standard InChI is InChI=1S/C38H63N9O11S/c1-7-20(3)29-37(56)47-17-10-12-26(47)35(54)44-30(21(4)8-2)38(57)46-16-9-11-25(46)34(53)42-23(13-14-27(39)49)32(51)45-31(22(5)48)36(55)40-19-28(50)41-24(33(52)43-29)15-18-59(6)58/h20-26,29-31,48H,7-19H2,1-6H3,(H2,39,49)(H,40,55)(H,41,50)(H,42,53)(H,43,52)(H,44,54)(H,45,51)/t20-,21-,22+,23-,24-,25-,26-,29-,30-,31-,59-/m0/s1. The Labute approximate surface area is 347 Å². The van der Waals surface area contributed by atoms with Crippen LogP contribution in [0.25, 0.3) is 0 Å². The SMILES string of the molecule is CC[C@H](C)[C@@H]1NC(=O)[C@H](CC[S@](C)=O)NC(=O)CNC(=O)[C@H]([C@@H](C)O)NC(=O)[C@H](CCC(N)=O)NC(=O)[C@@H]2CCCN2C(=O)[C@H]([C@@H](C)CC)NC(=O)[C@@H]2CCCN2C1=O. The summed E-state index contributed by atoms with van der Waals surface area (Å²) in [4.78, 5) is 125. The van der Waals surface area contributed by atoms with Gasteiger partial charge >= 0.3 is 0 Å². The van der Waals surface area contributed by atoms with Crippen molar-refractivity contribution in [3.8, 4) is 0 Å². The van der Waals surface area contributed by atoms with Gasteiger partial charge in [0, 0.05) is 42.3 Å². The fourth-order valence-electron chi connectivity index (χ4n) is 7.39. The van der Waals surface area contributed by atoms with Crippen LogP contribution in [0, 0.1) is 11.8 Å². The van der Waals surface area contributed by atoms with E-state index in [4.69, 9.17) is 5.73 Å². The lowest BCUT2D eigenvalue weighted by Gasteiger charge is -2.35. The van der Waals surface area contributed by atoms with E-state index in [0.29, 0.717) is 25.7 Å². The first-order chi connectivity index (χ1) is 27.8. The lowest BCUT2D eigenvalue weighted by molar-refractivity contribution is -0.146. The molecule has 9 N–H and O–H groups in total. The zero-order chi connectivity index (χ0) is 44.1. The largest absolute Gasteiger partial charge is 0.391 e. The molecule has 3 rings (SSSR count). The summed E-state index contributed by atoms with van der Waals surface area (Å²) in [6.45, 7) is 8.03. The van der Waals surface area contributed by atoms with E-state index in [1.54, 1.807) is 13.8 Å². The first kappa shape index (κ1) is 48.7. The number of nitrogens with zero attached hydrogens (tertiary/aromatic N) is 2. The second-order valence-electron chi connectivity index (χ2n) is 15.8. The van der Waals surface area contributed by atoms with Gasteiger partial charge in [0.25, 0.3) is 0 Å². The van der Waals surface area contributed by atoms with Gasteiger partial charge in [-0.15, -0.1) is 0 Å². The summed E-state index contributed by atoms with van der Waals surface area (Å²) in [7, 11) is -1.38. The van der Waals surface area contributed by atoms with E-state index in [2.05, 4.69) is 31.9 Å². The fourth-order valence-corrected chi connectivity index (χ4v) is 7.96. The Kier molecular flexibility index (Phi) is 18.7. The molecular formula is C38H63N9O11S. The summed E-state index contributed by atoms with van der Waals surface area (Å²) in [5.74, 6) is -7.57. The maximum absolute atomic E-state index is 14.3. The predicted molar refractivity (Wildman–Crippen MR) is 215 cm³/mol. The summed E-state index contributed by atoms with van der Waals surface area (Å²) in [5.41, 5.74) is 5.35. The molecule has 3 heterocycles. The molecule has 20 nitrogen and oxygen atoms in total. The zero-order valence-corrected chi connectivity index (χ0v) is 35.7. The van der Waals surface area contributed by atoms with E-state index < -0.39 is 131 Å². The van der Waals surface area contributed by atoms with Gasteiger partial charge in [-0.1, -0.05) is 40.5 Å². The van der Waals surface area contributed by atoms with Crippen molar-refractivity contribution in [2.24, 2.45) is 17.6 Å². The average molecular weight is 854 g/mol. The van der Waals surface area contributed by atoms with Crippen molar-refractivity contribution in [2.45, 2.75) is 141 Å². The molecular weight excluding hydrogens is 791 g/mol. The van der Waals surface area contributed by atoms with Gasteiger partial charge in [-0.25, -0.2) is 0 Å². The van der Waals surface area contributed by atoms with Crippen molar-refractivity contribution in [2.75, 3.05) is 31.6 Å². The molecule has 3 fully saturated rings. The van der Waals surface area contributed by atoms with Crippen molar-refractivity contribution in [1.29, 1.82) is 0 Å². The van der Waals surface area contributed by atoms with E-state index in [0.717, 1.165) is 0 Å². The van der Waals surface area contributed by atoms with E-state index in [-0.39, 0.29) is 50.9 Å². The highest BCUT2D eigenvalue weighted by atomic mass is 32.2. The fraction of sp³-hybridized carbons (Fsp3) is 0.763. The van der Waals surface area contributed by atoms with Crippen LogP contribution in [-0.4, -0.2) is 152 Å². The van der Waals surface area contributed by atoms with E-state index in [9.17, 15) is 52.5 Å². The van der Waals surface area contributed by atoms with Gasteiger partial charge in [0.05, 0.1) is 12.6 Å². The minimum absolute atomic E-state index is 0.00111. The Bertz CT molecular complexity index is 1610. The third-order valence-corrected chi connectivity index (χ3v) is 12.2. The minimum Gasteiger partial charge on any atom is -0.391 e. The molecule has 0 radical (unpaired) electrons. The van der Waals surface area contributed by atoms with Gasteiger partial charge in [0.2, 0.25) is 53.2 Å². The lowest BCUT2D eigenvalue weighted by Crippen LogP contribution is -2.62. The number of rotatable bonds is 11. The van der Waals surface area contributed by atoms with Gasteiger partial charge in [-0.2, -0.15) is 0 Å². The highest BCUT2D eigenvalue weighted by molar-refractivity contribution is 7.84. The average Bonchev–Trinajstić information content (AvgIpc) is 3.89. The maximum Gasteiger partial charge on any atom is 0.246 e. The number of nitrogens with one attached hydrogen (secondary N) is 6. The number of primary amides is 1. The molecule has 0 unspecified atom stereocenters. The van der Waals surface area contributed by atoms with Crippen LogP contribution in [0.3, 0.4) is 0 Å². The first-order valence-electron chi connectivity index (χ1n) is 20.5. The Balaban J connectivity index is 2.08. The molecule has 11 atom stereocenters. The van der Waals surface area contributed by atoms with Gasteiger partial charge in [-0.3, -0.25) is 47.4 Å². The Morgan fingerprint density at radius 2 is 1.17 bits per heavy atom. The van der Waals surface area contributed by atoms with Gasteiger partial charge in [0.1, 0.15) is 42.3 Å². The molecule has 0 bridgehead atoms. The molecule has 332 valence electrons. The van der Waals surface area contributed by atoms with Gasteiger partial charge < -0.3 is 52.5 Å². The molecule has 3 saturated heterocycles. The summed E-state index contributed by atoms with van der Waals surface area (Å²) < 4.78 is 12.1. The van der Waals surface area contributed by atoms with Crippen LogP contribution in [0.2, 0.25) is 0 Å². The van der Waals surface area contributed by atoms with Crippen molar-refractivity contribution < 1.29 is 52.5 Å². The molecule has 0 aromatic heterocycles. The quantitative estimate of drug-likeness (QED) is 0.104. The van der Waals surface area contributed by atoms with Crippen LogP contribution in [0.5, 0.6) is 0 Å². The number of aliphatic hydroxyl groups is 1. The second-order valence-corrected chi connectivity index (χ2v) is 17.4. The van der Waals surface area contributed by atoms with Crippen molar-refractivity contribution in [3.05, 3.63) is 0 Å². The molecule has 0 aromatic carbocycles. The minimum atomic E-state index is -1.66. The number of fused-ring (bicyclic) bond motifs is 2. The van der Waals surface area contributed by atoms with Gasteiger partial charge in [0.15, 0.2) is 0 Å². The second kappa shape index (κ2) is 22.6. The monoisotopic (exact) mass is 853 g/mol. The summed E-state index contributed by atoms with van der Waals surface area (Å²) >= 11 is 0. The van der Waals surface area contributed by atoms with E-state index in [1.165, 1.54) is 23.0 Å². The van der Waals surface area contributed by atoms with Crippen LogP contribution in [0.15, 0.2) is 0 Å². The van der Waals surface area contributed by atoms with E-state index >= 15 is 0 Å². The van der Waals surface area contributed by atoms with Crippen LogP contribution in [0.4, 0.5) is 0 Å². The third kappa shape index (κ3) is 13.4. The molecule has 0 aromatic rings. The molecule has 3 aliphatic rings. The Morgan fingerprint density at radius 1 is 0.712 bits per heavy atom. The van der Waals surface area contributed by atoms with E-state index in [1.807, 2.05) is 13.8 Å². The van der Waals surface area contributed by atoms with Crippen LogP contribution >= 0.6 is 0 Å². The molecule has 21 heteroatoms. The highest BCUT2D eigenvalue weighted by Gasteiger charge is 2.44. The van der Waals surface area contributed by atoms with Crippen LogP contribution in [-0.2, 0) is 54.0 Å². The van der Waals surface area contributed by atoms with Crippen LogP contribution < -0.4 is 37.6 Å².